The van der Waals surface area contributed by atoms with Crippen LogP contribution in [-0.4, -0.2) is 15.0 Å². The van der Waals surface area contributed by atoms with Crippen LogP contribution < -0.4 is 0 Å². The first-order valence-electron chi connectivity index (χ1n) is 20.3. The molecule has 1 spiro atoms. The fourth-order valence-corrected chi connectivity index (χ4v) is 10.9. The molecule has 2 aromatic heterocycles. The minimum Gasteiger partial charge on any atom is -0.256 e. The Labute approximate surface area is 353 Å². The molecule has 60 heavy (non-hydrogen) atoms. The lowest BCUT2D eigenvalue weighted by molar-refractivity contribution is 0.722. The molecule has 10 aromatic rings. The molecule has 0 fully saturated rings. The summed E-state index contributed by atoms with van der Waals surface area (Å²) in [7, 11) is 0. The van der Waals surface area contributed by atoms with Crippen molar-refractivity contribution in [3.8, 4) is 67.3 Å². The molecule has 0 bridgehead atoms. The molecule has 0 saturated carbocycles. The van der Waals surface area contributed by atoms with Gasteiger partial charge in [-0.25, -0.2) is 9.97 Å². The SMILES string of the molecule is c1ccc(-c2cc(-c3ccc(-c4cccc5c4-c4c(-c6cccc7cccnc67)cccc4C54c5ccccc5Sc5ccccc54)cc3)nc(-c3ccccc3)n2)cc1. The van der Waals surface area contributed by atoms with E-state index in [1.54, 1.807) is 0 Å². The Morgan fingerprint density at radius 3 is 1.55 bits per heavy atom. The van der Waals surface area contributed by atoms with E-state index in [-0.39, 0.29) is 0 Å². The molecule has 1 aliphatic heterocycles. The summed E-state index contributed by atoms with van der Waals surface area (Å²) in [6.07, 6.45) is 1.91. The number of fused-ring (bicyclic) bond motifs is 10. The van der Waals surface area contributed by atoms with Gasteiger partial charge in [-0.05, 0) is 74.3 Å². The van der Waals surface area contributed by atoms with Crippen molar-refractivity contribution < 1.29 is 0 Å². The number of hydrogen-bond acceptors (Lipinski definition) is 4. The van der Waals surface area contributed by atoms with E-state index >= 15 is 0 Å². The summed E-state index contributed by atoms with van der Waals surface area (Å²) in [6, 6.07) is 74.3. The molecule has 280 valence electrons. The Morgan fingerprint density at radius 1 is 0.367 bits per heavy atom. The molecule has 0 atom stereocenters. The normalized spacial score (nSPS) is 13.1. The van der Waals surface area contributed by atoms with Crippen LogP contribution in [0.1, 0.15) is 22.3 Å². The maximum absolute atomic E-state index is 5.14. The van der Waals surface area contributed by atoms with Crippen LogP contribution >= 0.6 is 11.8 Å². The van der Waals surface area contributed by atoms with Gasteiger partial charge in [0.1, 0.15) is 0 Å². The Hall–Kier alpha value is -7.40. The van der Waals surface area contributed by atoms with Crippen molar-refractivity contribution in [2.24, 2.45) is 0 Å². The highest BCUT2D eigenvalue weighted by Crippen LogP contribution is 2.64. The van der Waals surface area contributed by atoms with Gasteiger partial charge in [-0.15, -0.1) is 0 Å². The van der Waals surface area contributed by atoms with E-state index in [1.165, 1.54) is 54.3 Å². The van der Waals surface area contributed by atoms with Gasteiger partial charge >= 0.3 is 0 Å². The molecule has 3 nitrogen and oxygen atoms in total. The first-order chi connectivity index (χ1) is 29.8. The summed E-state index contributed by atoms with van der Waals surface area (Å²) in [4.78, 5) is 17.7. The number of nitrogens with zero attached hydrogens (tertiary/aromatic N) is 3. The molecule has 8 aromatic carbocycles. The second kappa shape index (κ2) is 13.9. The van der Waals surface area contributed by atoms with Crippen LogP contribution in [0.5, 0.6) is 0 Å². The van der Waals surface area contributed by atoms with Crippen molar-refractivity contribution in [1.82, 2.24) is 15.0 Å². The van der Waals surface area contributed by atoms with E-state index in [0.29, 0.717) is 5.82 Å². The van der Waals surface area contributed by atoms with E-state index in [1.807, 2.05) is 48.3 Å². The lowest BCUT2D eigenvalue weighted by atomic mass is 9.67. The van der Waals surface area contributed by atoms with Gasteiger partial charge in [-0.1, -0.05) is 194 Å². The van der Waals surface area contributed by atoms with E-state index in [4.69, 9.17) is 15.0 Å². The van der Waals surface area contributed by atoms with Gasteiger partial charge in [0.05, 0.1) is 22.3 Å². The maximum atomic E-state index is 5.14. The number of pyridine rings is 1. The predicted octanol–water partition coefficient (Wildman–Crippen LogP) is 14.2. The largest absolute Gasteiger partial charge is 0.256 e. The zero-order chi connectivity index (χ0) is 39.6. The van der Waals surface area contributed by atoms with Crippen LogP contribution in [0.3, 0.4) is 0 Å². The summed E-state index contributed by atoms with van der Waals surface area (Å²) < 4.78 is 0. The van der Waals surface area contributed by atoms with Crippen LogP contribution in [0.25, 0.3) is 78.2 Å². The number of hydrogen-bond donors (Lipinski definition) is 0. The third kappa shape index (κ3) is 5.28. The lowest BCUT2D eigenvalue weighted by Crippen LogP contribution is -2.31. The molecular weight excluding hydrogens is 747 g/mol. The number of para-hydroxylation sites is 1. The highest BCUT2D eigenvalue weighted by molar-refractivity contribution is 7.99. The Balaban J connectivity index is 1.10. The van der Waals surface area contributed by atoms with Crippen molar-refractivity contribution in [3.63, 3.8) is 0 Å². The summed E-state index contributed by atoms with van der Waals surface area (Å²) in [5.41, 5.74) is 17.8. The first kappa shape index (κ1) is 34.6. The van der Waals surface area contributed by atoms with Gasteiger partial charge in [-0.2, -0.15) is 0 Å². The van der Waals surface area contributed by atoms with E-state index in [0.717, 1.165) is 50.1 Å². The smallest absolute Gasteiger partial charge is 0.160 e. The van der Waals surface area contributed by atoms with Gasteiger partial charge in [-0.3, -0.25) is 4.98 Å². The standard InChI is InChI=1S/C56H35N3S/c1-3-15-37(16-4-1)48-35-49(59-55(58-48)40-17-5-2-6-18-40)38-32-30-36(31-33-38)41-21-12-26-46-52(41)53-42(43-23-11-19-39-20-14-34-57-54(39)43)22-13-27-47(53)56(46)44-24-7-9-28-50(44)60-51-29-10-8-25-45(51)56/h1-35H. The Morgan fingerprint density at radius 2 is 0.867 bits per heavy atom. The molecule has 0 radical (unpaired) electrons. The molecule has 1 aliphatic carbocycles. The molecule has 0 N–H and O–H groups in total. The third-order valence-electron chi connectivity index (χ3n) is 12.2. The van der Waals surface area contributed by atoms with Crippen molar-refractivity contribution in [1.29, 1.82) is 0 Å². The fraction of sp³-hybridized carbons (Fsp3) is 0.0179. The second-order valence-electron chi connectivity index (χ2n) is 15.5. The minimum absolute atomic E-state index is 0.518. The average molecular weight is 782 g/mol. The zero-order valence-corrected chi connectivity index (χ0v) is 33.3. The number of rotatable bonds is 5. The van der Waals surface area contributed by atoms with Crippen molar-refractivity contribution >= 4 is 22.7 Å². The summed E-state index contributed by atoms with van der Waals surface area (Å²) in [5, 5.41) is 1.13. The topological polar surface area (TPSA) is 38.7 Å². The van der Waals surface area contributed by atoms with Gasteiger partial charge in [0.2, 0.25) is 0 Å². The van der Waals surface area contributed by atoms with E-state index < -0.39 is 5.41 Å². The molecule has 2 aliphatic rings. The molecule has 0 amide bonds. The number of benzene rings is 8. The van der Waals surface area contributed by atoms with Gasteiger partial charge in [0, 0.05) is 43.6 Å². The quantitative estimate of drug-likeness (QED) is 0.174. The van der Waals surface area contributed by atoms with Crippen LogP contribution in [-0.2, 0) is 5.41 Å². The predicted molar refractivity (Wildman–Crippen MR) is 246 cm³/mol. The van der Waals surface area contributed by atoms with E-state index in [9.17, 15) is 0 Å². The van der Waals surface area contributed by atoms with Crippen LogP contribution in [0.4, 0.5) is 0 Å². The molecule has 0 unspecified atom stereocenters. The van der Waals surface area contributed by atoms with Crippen molar-refractivity contribution in [3.05, 3.63) is 235 Å². The second-order valence-corrected chi connectivity index (χ2v) is 16.5. The zero-order valence-electron chi connectivity index (χ0n) is 32.5. The third-order valence-corrected chi connectivity index (χ3v) is 13.4. The first-order valence-corrected chi connectivity index (χ1v) is 21.2. The van der Waals surface area contributed by atoms with Crippen molar-refractivity contribution in [2.75, 3.05) is 0 Å². The molecular formula is C56H35N3S. The van der Waals surface area contributed by atoms with E-state index in [2.05, 4.69) is 176 Å². The Bertz CT molecular complexity index is 3180. The van der Waals surface area contributed by atoms with Crippen LogP contribution in [0.15, 0.2) is 222 Å². The molecule has 12 rings (SSSR count). The number of aromatic nitrogens is 3. The average Bonchev–Trinajstić information content (AvgIpc) is 3.63. The lowest BCUT2D eigenvalue weighted by Gasteiger charge is -2.39. The monoisotopic (exact) mass is 781 g/mol. The van der Waals surface area contributed by atoms with Crippen LogP contribution in [0.2, 0.25) is 0 Å². The molecule has 3 heterocycles. The van der Waals surface area contributed by atoms with Crippen molar-refractivity contribution in [2.45, 2.75) is 15.2 Å². The summed E-state index contributed by atoms with van der Waals surface area (Å²) in [5.74, 6) is 0.709. The summed E-state index contributed by atoms with van der Waals surface area (Å²) >= 11 is 1.87. The minimum atomic E-state index is -0.518. The van der Waals surface area contributed by atoms with Gasteiger partial charge in [0.15, 0.2) is 5.82 Å². The Kier molecular flexibility index (Phi) is 8.00. The van der Waals surface area contributed by atoms with Gasteiger partial charge < -0.3 is 0 Å². The highest BCUT2D eigenvalue weighted by Gasteiger charge is 2.51. The van der Waals surface area contributed by atoms with Crippen LogP contribution in [0, 0.1) is 0 Å². The van der Waals surface area contributed by atoms with Gasteiger partial charge in [0.25, 0.3) is 0 Å². The fourth-order valence-electron chi connectivity index (χ4n) is 9.66. The molecule has 0 saturated heterocycles. The highest BCUT2D eigenvalue weighted by atomic mass is 32.2. The molecule has 4 heteroatoms. The maximum Gasteiger partial charge on any atom is 0.160 e. The summed E-state index contributed by atoms with van der Waals surface area (Å²) in [6.45, 7) is 0.